The van der Waals surface area contributed by atoms with Crippen LogP contribution in [0.3, 0.4) is 0 Å². The highest BCUT2D eigenvalue weighted by molar-refractivity contribution is 14.1. The van der Waals surface area contributed by atoms with Crippen LogP contribution in [0.25, 0.3) is 0 Å². The van der Waals surface area contributed by atoms with Crippen LogP contribution >= 0.6 is 22.6 Å². The van der Waals surface area contributed by atoms with E-state index in [9.17, 15) is 9.59 Å². The van der Waals surface area contributed by atoms with Crippen LogP contribution in [0, 0.1) is 3.57 Å². The fraction of sp³-hybridized carbons (Fsp3) is 0.579. The number of ether oxygens (including phenoxy) is 1. The zero-order valence-electron chi connectivity index (χ0n) is 15.8. The van der Waals surface area contributed by atoms with Gasteiger partial charge in [-0.05, 0) is 80.5 Å². The van der Waals surface area contributed by atoms with Gasteiger partial charge in [0.1, 0.15) is 11.1 Å². The Morgan fingerprint density at radius 1 is 1.15 bits per heavy atom. The Bertz CT molecular complexity index is 691. The molecule has 2 fully saturated rings. The second kappa shape index (κ2) is 6.90. The largest absolute Gasteiger partial charge is 0.444 e. The molecule has 1 spiro atoms. The van der Waals surface area contributed by atoms with Gasteiger partial charge in [0.25, 0.3) is 0 Å². The molecule has 26 heavy (non-hydrogen) atoms. The monoisotopic (exact) mass is 471 g/mol. The number of benzene rings is 1. The number of rotatable bonds is 1. The molecule has 0 N–H and O–H groups in total. The highest BCUT2D eigenvalue weighted by atomic mass is 127. The van der Waals surface area contributed by atoms with E-state index in [2.05, 4.69) is 51.8 Å². The maximum Gasteiger partial charge on any atom is 0.410 e. The van der Waals surface area contributed by atoms with E-state index in [-0.39, 0.29) is 12.0 Å². The number of hydrogen-bond donors (Lipinski definition) is 0. The second-order valence-electron chi connectivity index (χ2n) is 8.05. The lowest BCUT2D eigenvalue weighted by Gasteiger charge is -2.43. The molecule has 2 heterocycles. The van der Waals surface area contributed by atoms with Crippen molar-refractivity contribution in [3.05, 3.63) is 27.8 Å². The maximum absolute atomic E-state index is 13.0. The molecule has 1 aromatic rings. The number of carbonyl (C=O) groups is 2. The fourth-order valence-corrected chi connectivity index (χ4v) is 4.06. The summed E-state index contributed by atoms with van der Waals surface area (Å²) in [5.74, 6) is 0.139. The molecule has 2 aliphatic rings. The summed E-state index contributed by atoms with van der Waals surface area (Å²) < 4.78 is 6.64. The Labute approximate surface area is 168 Å². The van der Waals surface area contributed by atoms with Crippen LogP contribution in [-0.4, -0.2) is 59.7 Å². The number of likely N-dealkylation sites (N-methyl/N-ethyl adjacent to an activating group) is 1. The Hall–Kier alpha value is -1.51. The first kappa shape index (κ1) is 19.3. The highest BCUT2D eigenvalue weighted by Crippen LogP contribution is 2.39. The number of carbonyl (C=O) groups excluding carboxylic acids is 2. The third kappa shape index (κ3) is 3.63. The maximum atomic E-state index is 13.0. The van der Waals surface area contributed by atoms with Gasteiger partial charge in [0.2, 0.25) is 5.91 Å². The molecule has 0 atom stereocenters. The first-order valence-electron chi connectivity index (χ1n) is 8.89. The topological polar surface area (TPSA) is 53.1 Å². The van der Waals surface area contributed by atoms with Gasteiger partial charge in [-0.15, -0.1) is 0 Å². The van der Waals surface area contributed by atoms with E-state index < -0.39 is 11.1 Å². The molecule has 2 amide bonds. The predicted octanol–water partition coefficient (Wildman–Crippen LogP) is 3.30. The molecule has 0 bridgehead atoms. The molecule has 0 unspecified atom stereocenters. The molecule has 0 aromatic heterocycles. The van der Waals surface area contributed by atoms with E-state index in [1.807, 2.05) is 27.8 Å². The second-order valence-corrected chi connectivity index (χ2v) is 9.29. The van der Waals surface area contributed by atoms with Gasteiger partial charge in [-0.25, -0.2) is 4.79 Å². The van der Waals surface area contributed by atoms with Crippen molar-refractivity contribution in [2.24, 2.45) is 0 Å². The molecule has 0 saturated carbocycles. The van der Waals surface area contributed by atoms with Gasteiger partial charge in [-0.3, -0.25) is 4.79 Å². The third-order valence-electron chi connectivity index (χ3n) is 5.00. The summed E-state index contributed by atoms with van der Waals surface area (Å²) in [5, 5.41) is 0. The molecular formula is C19H26IN3O3. The normalized spacial score (nSPS) is 20.0. The SMILES string of the molecule is CN1CN(c2ccc(I)cc2)C2(CCN(C(=O)OC(C)(C)C)CC2)C1=O. The van der Waals surface area contributed by atoms with Crippen LogP contribution in [-0.2, 0) is 9.53 Å². The van der Waals surface area contributed by atoms with Crippen molar-refractivity contribution in [1.82, 2.24) is 9.80 Å². The minimum Gasteiger partial charge on any atom is -0.444 e. The van der Waals surface area contributed by atoms with E-state index in [0.29, 0.717) is 32.6 Å². The molecule has 142 valence electrons. The Morgan fingerprint density at radius 3 is 2.27 bits per heavy atom. The highest BCUT2D eigenvalue weighted by Gasteiger charge is 2.53. The van der Waals surface area contributed by atoms with E-state index >= 15 is 0 Å². The molecule has 3 rings (SSSR count). The molecule has 0 aliphatic carbocycles. The molecule has 1 aromatic carbocycles. The van der Waals surface area contributed by atoms with E-state index in [1.54, 1.807) is 9.80 Å². The number of likely N-dealkylation sites (tertiary alicyclic amines) is 1. The first-order chi connectivity index (χ1) is 12.1. The van der Waals surface area contributed by atoms with Gasteiger partial charge in [0.15, 0.2) is 0 Å². The van der Waals surface area contributed by atoms with Gasteiger partial charge in [0.05, 0.1) is 6.67 Å². The number of hydrogen-bond acceptors (Lipinski definition) is 4. The van der Waals surface area contributed by atoms with Crippen LogP contribution in [0.5, 0.6) is 0 Å². The quantitative estimate of drug-likeness (QED) is 0.590. The van der Waals surface area contributed by atoms with Crippen molar-refractivity contribution in [1.29, 1.82) is 0 Å². The van der Waals surface area contributed by atoms with Crippen molar-refractivity contribution >= 4 is 40.3 Å². The fourth-order valence-electron chi connectivity index (χ4n) is 3.70. The number of anilines is 1. The van der Waals surface area contributed by atoms with Crippen molar-refractivity contribution in [3.63, 3.8) is 0 Å². The lowest BCUT2D eigenvalue weighted by atomic mass is 9.85. The van der Waals surface area contributed by atoms with Crippen molar-refractivity contribution in [2.45, 2.75) is 44.8 Å². The smallest absolute Gasteiger partial charge is 0.410 e. The first-order valence-corrected chi connectivity index (χ1v) is 9.97. The standard InChI is InChI=1S/C19H26IN3O3/c1-18(2,3)26-17(25)22-11-9-19(10-12-22)16(24)21(4)13-23(19)15-7-5-14(20)6-8-15/h5-8H,9-13H2,1-4H3. The lowest BCUT2D eigenvalue weighted by molar-refractivity contribution is -0.132. The average Bonchev–Trinajstić information content (AvgIpc) is 2.80. The summed E-state index contributed by atoms with van der Waals surface area (Å²) in [5.41, 5.74) is -0.0306. The van der Waals surface area contributed by atoms with Crippen LogP contribution < -0.4 is 4.90 Å². The predicted molar refractivity (Wildman–Crippen MR) is 109 cm³/mol. The summed E-state index contributed by atoms with van der Waals surface area (Å²) in [7, 11) is 1.84. The molecule has 7 heteroatoms. The molecular weight excluding hydrogens is 445 g/mol. The van der Waals surface area contributed by atoms with Gasteiger partial charge < -0.3 is 19.4 Å². The van der Waals surface area contributed by atoms with Gasteiger partial charge in [-0.2, -0.15) is 0 Å². The summed E-state index contributed by atoms with van der Waals surface area (Å²) in [6.45, 7) is 7.22. The number of piperidine rings is 1. The van der Waals surface area contributed by atoms with Gasteiger partial charge in [-0.1, -0.05) is 0 Å². The lowest BCUT2D eigenvalue weighted by Crippen LogP contribution is -2.57. The van der Waals surface area contributed by atoms with Crippen molar-refractivity contribution in [3.8, 4) is 0 Å². The van der Waals surface area contributed by atoms with Crippen LogP contribution in [0.4, 0.5) is 10.5 Å². The van der Waals surface area contributed by atoms with Crippen molar-refractivity contribution < 1.29 is 14.3 Å². The minimum absolute atomic E-state index is 0.139. The van der Waals surface area contributed by atoms with Crippen LogP contribution in [0.2, 0.25) is 0 Å². The Morgan fingerprint density at radius 2 is 1.73 bits per heavy atom. The van der Waals surface area contributed by atoms with E-state index in [1.165, 1.54) is 3.57 Å². The summed E-state index contributed by atoms with van der Waals surface area (Å²) >= 11 is 2.28. The number of nitrogens with zero attached hydrogens (tertiary/aromatic N) is 3. The van der Waals surface area contributed by atoms with Crippen molar-refractivity contribution in [2.75, 3.05) is 31.7 Å². The molecule has 2 saturated heterocycles. The van der Waals surface area contributed by atoms with Gasteiger partial charge in [0, 0.05) is 29.4 Å². The number of halogens is 1. The number of amides is 2. The molecule has 0 radical (unpaired) electrons. The summed E-state index contributed by atoms with van der Waals surface area (Å²) in [6, 6.07) is 8.25. The van der Waals surface area contributed by atoms with E-state index in [4.69, 9.17) is 4.74 Å². The zero-order chi connectivity index (χ0) is 19.1. The minimum atomic E-state index is -0.569. The zero-order valence-corrected chi connectivity index (χ0v) is 17.9. The third-order valence-corrected chi connectivity index (χ3v) is 5.71. The molecule has 6 nitrogen and oxygen atoms in total. The molecule has 2 aliphatic heterocycles. The van der Waals surface area contributed by atoms with Crippen LogP contribution in [0.15, 0.2) is 24.3 Å². The summed E-state index contributed by atoms with van der Waals surface area (Å²) in [4.78, 5) is 31.0. The Kier molecular flexibility index (Phi) is 5.11. The van der Waals surface area contributed by atoms with Crippen LogP contribution in [0.1, 0.15) is 33.6 Å². The van der Waals surface area contributed by atoms with Gasteiger partial charge >= 0.3 is 6.09 Å². The Balaban J connectivity index is 1.78. The summed E-state index contributed by atoms with van der Waals surface area (Å²) in [6.07, 6.45) is 0.926. The van der Waals surface area contributed by atoms with E-state index in [0.717, 1.165) is 5.69 Å². The average molecular weight is 471 g/mol.